The monoisotopic (exact) mass is 349 g/mol. The van der Waals surface area contributed by atoms with Gasteiger partial charge < -0.3 is 15.8 Å². The van der Waals surface area contributed by atoms with Crippen LogP contribution in [0.2, 0.25) is 0 Å². The van der Waals surface area contributed by atoms with E-state index < -0.39 is 22.8 Å². The van der Waals surface area contributed by atoms with Gasteiger partial charge in [0.2, 0.25) is 0 Å². The number of aryl methyl sites for hydroxylation is 1. The first-order valence-corrected chi connectivity index (χ1v) is 7.77. The molecule has 3 N–H and O–H groups in total. The lowest BCUT2D eigenvalue weighted by atomic mass is 10.2. The molecule has 0 unspecified atom stereocenters. The standard InChI is InChI=1S/C15H15N3O5S/c1-8-7-10(3-4-12(8)18(21)22)23-9(2)14(20)17-15-11(13(16)19)5-6-24-15/h3-7,9H,1-2H3,(H2,16,19)(H,17,20)/t9-/m1/s1. The molecule has 0 aliphatic heterocycles. The van der Waals surface area contributed by atoms with Crippen LogP contribution < -0.4 is 15.8 Å². The second kappa shape index (κ2) is 7.09. The lowest BCUT2D eigenvalue weighted by Gasteiger charge is -2.15. The van der Waals surface area contributed by atoms with Gasteiger partial charge in [-0.05, 0) is 37.4 Å². The maximum atomic E-state index is 12.2. The number of nitro groups is 1. The lowest BCUT2D eigenvalue weighted by Crippen LogP contribution is -2.30. The Labute approximate surface area is 141 Å². The van der Waals surface area contributed by atoms with Crippen LogP contribution in [0.25, 0.3) is 0 Å². The average Bonchev–Trinajstić information content (AvgIpc) is 2.95. The molecule has 0 radical (unpaired) electrons. The second-order valence-electron chi connectivity index (χ2n) is 4.98. The summed E-state index contributed by atoms with van der Waals surface area (Å²) in [7, 11) is 0. The highest BCUT2D eigenvalue weighted by atomic mass is 32.1. The Balaban J connectivity index is 2.06. The molecule has 0 aliphatic carbocycles. The number of thiophene rings is 1. The first kappa shape index (κ1) is 17.4. The normalized spacial score (nSPS) is 11.6. The summed E-state index contributed by atoms with van der Waals surface area (Å²) in [5.74, 6) is -0.760. The molecule has 1 atom stereocenters. The van der Waals surface area contributed by atoms with Crippen LogP contribution in [0.4, 0.5) is 10.7 Å². The Morgan fingerprint density at radius 3 is 2.67 bits per heavy atom. The molecule has 2 rings (SSSR count). The van der Waals surface area contributed by atoms with Crippen LogP contribution in [0, 0.1) is 17.0 Å². The van der Waals surface area contributed by atoms with Gasteiger partial charge in [-0.25, -0.2) is 0 Å². The van der Waals surface area contributed by atoms with Crippen LogP contribution in [0.1, 0.15) is 22.8 Å². The molecule has 1 aromatic carbocycles. The van der Waals surface area contributed by atoms with Gasteiger partial charge in [0.1, 0.15) is 10.8 Å². The number of nitrogens with two attached hydrogens (primary N) is 1. The van der Waals surface area contributed by atoms with E-state index in [9.17, 15) is 19.7 Å². The zero-order valence-electron chi connectivity index (χ0n) is 12.9. The van der Waals surface area contributed by atoms with Crippen molar-refractivity contribution < 1.29 is 19.2 Å². The zero-order chi connectivity index (χ0) is 17.9. The largest absolute Gasteiger partial charge is 0.481 e. The fraction of sp³-hybridized carbons (Fsp3) is 0.200. The van der Waals surface area contributed by atoms with Crippen LogP contribution >= 0.6 is 11.3 Å². The van der Waals surface area contributed by atoms with Gasteiger partial charge in [-0.2, -0.15) is 0 Å². The molecule has 9 heteroatoms. The number of nitro benzene ring substituents is 1. The predicted octanol–water partition coefficient (Wildman–Crippen LogP) is 2.47. The van der Waals surface area contributed by atoms with Crippen molar-refractivity contribution in [3.63, 3.8) is 0 Å². The number of primary amides is 1. The Kier molecular flexibility index (Phi) is 5.14. The van der Waals surface area contributed by atoms with E-state index in [1.54, 1.807) is 12.3 Å². The molecule has 126 valence electrons. The average molecular weight is 349 g/mol. The number of carbonyl (C=O) groups excluding carboxylic acids is 2. The van der Waals surface area contributed by atoms with E-state index >= 15 is 0 Å². The van der Waals surface area contributed by atoms with Gasteiger partial charge in [-0.15, -0.1) is 11.3 Å². The van der Waals surface area contributed by atoms with Crippen molar-refractivity contribution in [2.45, 2.75) is 20.0 Å². The third-order valence-electron chi connectivity index (χ3n) is 3.21. The molecule has 1 aromatic heterocycles. The maximum absolute atomic E-state index is 12.2. The van der Waals surface area contributed by atoms with Crippen LogP contribution in [0.5, 0.6) is 5.75 Å². The number of nitrogens with one attached hydrogen (secondary N) is 1. The number of ether oxygens (including phenoxy) is 1. The second-order valence-corrected chi connectivity index (χ2v) is 5.90. The van der Waals surface area contributed by atoms with E-state index in [1.165, 1.54) is 42.5 Å². The van der Waals surface area contributed by atoms with Crippen LogP contribution in [0.15, 0.2) is 29.6 Å². The summed E-state index contributed by atoms with van der Waals surface area (Å²) < 4.78 is 5.49. The van der Waals surface area contributed by atoms with E-state index in [1.807, 2.05) is 0 Å². The van der Waals surface area contributed by atoms with Crippen molar-refractivity contribution in [3.8, 4) is 5.75 Å². The van der Waals surface area contributed by atoms with Crippen molar-refractivity contribution in [3.05, 3.63) is 50.9 Å². The molecule has 0 saturated heterocycles. The smallest absolute Gasteiger partial charge is 0.272 e. The predicted molar refractivity (Wildman–Crippen MR) is 89.4 cm³/mol. The molecule has 0 saturated carbocycles. The van der Waals surface area contributed by atoms with E-state index in [0.29, 0.717) is 16.3 Å². The maximum Gasteiger partial charge on any atom is 0.272 e. The third kappa shape index (κ3) is 3.87. The SMILES string of the molecule is Cc1cc(O[C@H](C)C(=O)Nc2sccc2C(N)=O)ccc1[N+](=O)[O-]. The van der Waals surface area contributed by atoms with Gasteiger partial charge in [0, 0.05) is 11.6 Å². The number of carbonyl (C=O) groups is 2. The molecule has 0 bridgehead atoms. The van der Waals surface area contributed by atoms with Crippen LogP contribution in [-0.4, -0.2) is 22.8 Å². The summed E-state index contributed by atoms with van der Waals surface area (Å²) in [4.78, 5) is 33.7. The fourth-order valence-electron chi connectivity index (χ4n) is 1.98. The Morgan fingerprint density at radius 1 is 1.38 bits per heavy atom. The van der Waals surface area contributed by atoms with E-state index in [0.717, 1.165) is 0 Å². The summed E-state index contributed by atoms with van der Waals surface area (Å²) in [5, 5.41) is 15.4. The number of hydrogen-bond acceptors (Lipinski definition) is 6. The molecule has 8 nitrogen and oxygen atoms in total. The van der Waals surface area contributed by atoms with Crippen molar-refractivity contribution in [1.29, 1.82) is 0 Å². The molecule has 0 spiro atoms. The number of amides is 2. The van der Waals surface area contributed by atoms with Crippen molar-refractivity contribution in [1.82, 2.24) is 0 Å². The number of benzene rings is 1. The van der Waals surface area contributed by atoms with E-state index in [2.05, 4.69) is 5.32 Å². The summed E-state index contributed by atoms with van der Waals surface area (Å²) in [6.07, 6.45) is -0.867. The minimum atomic E-state index is -0.867. The van der Waals surface area contributed by atoms with Gasteiger partial charge in [0.25, 0.3) is 17.5 Å². The number of anilines is 1. The van der Waals surface area contributed by atoms with Crippen LogP contribution in [0.3, 0.4) is 0 Å². The Morgan fingerprint density at radius 2 is 2.08 bits per heavy atom. The quantitative estimate of drug-likeness (QED) is 0.612. The third-order valence-corrected chi connectivity index (χ3v) is 4.04. The van der Waals surface area contributed by atoms with Gasteiger partial charge in [-0.3, -0.25) is 19.7 Å². The van der Waals surface area contributed by atoms with Gasteiger partial charge >= 0.3 is 0 Å². The number of nitrogens with zero attached hydrogens (tertiary/aromatic N) is 1. The topological polar surface area (TPSA) is 125 Å². The fourth-order valence-corrected chi connectivity index (χ4v) is 2.77. The first-order valence-electron chi connectivity index (χ1n) is 6.89. The van der Waals surface area contributed by atoms with Gasteiger partial charge in [0.05, 0.1) is 10.5 Å². The highest BCUT2D eigenvalue weighted by Crippen LogP contribution is 2.25. The highest BCUT2D eigenvalue weighted by molar-refractivity contribution is 7.14. The minimum Gasteiger partial charge on any atom is -0.481 e. The lowest BCUT2D eigenvalue weighted by molar-refractivity contribution is -0.385. The zero-order valence-corrected chi connectivity index (χ0v) is 13.8. The molecule has 1 heterocycles. The van der Waals surface area contributed by atoms with Gasteiger partial charge in [0.15, 0.2) is 6.10 Å². The summed E-state index contributed by atoms with van der Waals surface area (Å²) in [6, 6.07) is 5.75. The van der Waals surface area contributed by atoms with E-state index in [4.69, 9.17) is 10.5 Å². The highest BCUT2D eigenvalue weighted by Gasteiger charge is 2.19. The summed E-state index contributed by atoms with van der Waals surface area (Å²) in [5.41, 5.74) is 5.85. The Bertz CT molecular complexity index is 802. The molecular weight excluding hydrogens is 334 g/mol. The van der Waals surface area contributed by atoms with Crippen molar-refractivity contribution in [2.75, 3.05) is 5.32 Å². The first-order chi connectivity index (χ1) is 11.3. The van der Waals surface area contributed by atoms with E-state index in [-0.39, 0.29) is 11.3 Å². The molecule has 24 heavy (non-hydrogen) atoms. The Hall–Kier alpha value is -2.94. The molecule has 0 fully saturated rings. The molecular formula is C15H15N3O5S. The molecule has 2 amide bonds. The van der Waals surface area contributed by atoms with Crippen LogP contribution in [-0.2, 0) is 4.79 Å². The minimum absolute atomic E-state index is 0.0239. The number of rotatable bonds is 6. The van der Waals surface area contributed by atoms with Gasteiger partial charge in [-0.1, -0.05) is 0 Å². The summed E-state index contributed by atoms with van der Waals surface area (Å²) in [6.45, 7) is 3.12. The molecule has 2 aromatic rings. The van der Waals surface area contributed by atoms with Crippen molar-refractivity contribution in [2.24, 2.45) is 5.73 Å². The number of hydrogen-bond donors (Lipinski definition) is 2. The molecule has 0 aliphatic rings. The van der Waals surface area contributed by atoms with Crippen molar-refractivity contribution >= 4 is 33.8 Å². The summed E-state index contributed by atoms with van der Waals surface area (Å²) >= 11 is 1.17.